The van der Waals surface area contributed by atoms with Gasteiger partial charge in [0, 0.05) is 12.1 Å². The summed E-state index contributed by atoms with van der Waals surface area (Å²) in [5.74, 6) is -2.64. The zero-order valence-electron chi connectivity index (χ0n) is 6.85. The molecule has 0 amide bonds. The van der Waals surface area contributed by atoms with Gasteiger partial charge in [-0.1, -0.05) is 12.1 Å². The second kappa shape index (κ2) is 3.09. The molecule has 0 aromatic heterocycles. The molecule has 0 aliphatic carbocycles. The molecule has 0 radical (unpaired) electrons. The van der Waals surface area contributed by atoms with Crippen LogP contribution in [0.4, 0.5) is 14.5 Å². The van der Waals surface area contributed by atoms with E-state index in [-0.39, 0.29) is 6.42 Å². The molecular weight excluding hydrogens is 160 g/mol. The Hall–Kier alpha value is -1.12. The quantitative estimate of drug-likeness (QED) is 0.679. The molecule has 0 heterocycles. The van der Waals surface area contributed by atoms with Crippen molar-refractivity contribution in [3.63, 3.8) is 0 Å². The Labute approximate surface area is 70.2 Å². The first kappa shape index (κ1) is 8.97. The van der Waals surface area contributed by atoms with E-state index in [1.54, 1.807) is 24.3 Å². The molecule has 0 saturated heterocycles. The van der Waals surface area contributed by atoms with Crippen molar-refractivity contribution in [2.45, 2.75) is 19.3 Å². The summed E-state index contributed by atoms with van der Waals surface area (Å²) >= 11 is 0. The molecule has 1 aromatic carbocycles. The molecule has 0 aliphatic heterocycles. The fraction of sp³-hybridized carbons (Fsp3) is 0.333. The Morgan fingerprint density at radius 1 is 1.25 bits per heavy atom. The predicted octanol–water partition coefficient (Wildman–Crippen LogP) is 2.47. The average Bonchev–Trinajstić information content (AvgIpc) is 1.91. The molecule has 3 heteroatoms. The summed E-state index contributed by atoms with van der Waals surface area (Å²) in [6.07, 6.45) is -0.229. The fourth-order valence-electron chi connectivity index (χ4n) is 0.994. The Kier molecular flexibility index (Phi) is 2.31. The van der Waals surface area contributed by atoms with Crippen molar-refractivity contribution in [1.82, 2.24) is 0 Å². The SMILES string of the molecule is CC(F)(F)Cc1ccc(N)cc1. The van der Waals surface area contributed by atoms with E-state index in [0.717, 1.165) is 6.92 Å². The predicted molar refractivity (Wildman–Crippen MR) is 45.2 cm³/mol. The first-order valence-corrected chi connectivity index (χ1v) is 3.70. The molecule has 1 rings (SSSR count). The van der Waals surface area contributed by atoms with Crippen molar-refractivity contribution >= 4 is 5.69 Å². The number of alkyl halides is 2. The number of nitrogen functional groups attached to an aromatic ring is 1. The Bertz CT molecular complexity index is 248. The number of anilines is 1. The first-order chi connectivity index (χ1) is 5.47. The van der Waals surface area contributed by atoms with Crippen molar-refractivity contribution in [2.24, 2.45) is 0 Å². The molecule has 0 bridgehead atoms. The van der Waals surface area contributed by atoms with E-state index in [9.17, 15) is 8.78 Å². The number of hydrogen-bond donors (Lipinski definition) is 1. The summed E-state index contributed by atoms with van der Waals surface area (Å²) in [5, 5.41) is 0. The third kappa shape index (κ3) is 2.86. The molecule has 2 N–H and O–H groups in total. The monoisotopic (exact) mass is 171 g/mol. The molecule has 1 aromatic rings. The molecule has 0 saturated carbocycles. The third-order valence-electron chi connectivity index (χ3n) is 1.49. The highest BCUT2D eigenvalue weighted by molar-refractivity contribution is 5.39. The van der Waals surface area contributed by atoms with Crippen LogP contribution in [-0.4, -0.2) is 5.92 Å². The highest BCUT2D eigenvalue weighted by Gasteiger charge is 2.20. The smallest absolute Gasteiger partial charge is 0.249 e. The molecule has 1 nitrogen and oxygen atoms in total. The van der Waals surface area contributed by atoms with Gasteiger partial charge in [0.1, 0.15) is 0 Å². The van der Waals surface area contributed by atoms with Crippen LogP contribution in [-0.2, 0) is 6.42 Å². The van der Waals surface area contributed by atoms with Gasteiger partial charge in [0.2, 0.25) is 5.92 Å². The van der Waals surface area contributed by atoms with E-state index >= 15 is 0 Å². The maximum Gasteiger partial charge on any atom is 0.249 e. The summed E-state index contributed by atoms with van der Waals surface area (Å²) in [4.78, 5) is 0. The fourth-order valence-corrected chi connectivity index (χ4v) is 0.994. The summed E-state index contributed by atoms with van der Waals surface area (Å²) in [6.45, 7) is 0.906. The van der Waals surface area contributed by atoms with Crippen LogP contribution < -0.4 is 5.73 Å². The number of hydrogen-bond acceptors (Lipinski definition) is 1. The van der Waals surface area contributed by atoms with Gasteiger partial charge < -0.3 is 5.73 Å². The summed E-state index contributed by atoms with van der Waals surface area (Å²) in [5.41, 5.74) is 6.61. The van der Waals surface area contributed by atoms with Crippen molar-refractivity contribution in [1.29, 1.82) is 0 Å². The van der Waals surface area contributed by atoms with E-state index in [4.69, 9.17) is 5.73 Å². The Morgan fingerprint density at radius 3 is 2.17 bits per heavy atom. The van der Waals surface area contributed by atoms with Crippen LogP contribution in [0.1, 0.15) is 12.5 Å². The molecule has 66 valence electrons. The molecule has 12 heavy (non-hydrogen) atoms. The second-order valence-corrected chi connectivity index (χ2v) is 2.99. The van der Waals surface area contributed by atoms with E-state index in [1.807, 2.05) is 0 Å². The minimum atomic E-state index is -2.64. The van der Waals surface area contributed by atoms with Gasteiger partial charge in [0.15, 0.2) is 0 Å². The van der Waals surface area contributed by atoms with Crippen molar-refractivity contribution in [3.05, 3.63) is 29.8 Å². The lowest BCUT2D eigenvalue weighted by Gasteiger charge is -2.09. The number of nitrogens with two attached hydrogens (primary N) is 1. The normalized spacial score (nSPS) is 11.6. The Morgan fingerprint density at radius 2 is 1.75 bits per heavy atom. The largest absolute Gasteiger partial charge is 0.399 e. The second-order valence-electron chi connectivity index (χ2n) is 2.99. The molecule has 0 spiro atoms. The Balaban J connectivity index is 2.71. The van der Waals surface area contributed by atoms with Gasteiger partial charge in [-0.2, -0.15) is 0 Å². The van der Waals surface area contributed by atoms with Gasteiger partial charge in [-0.3, -0.25) is 0 Å². The minimum Gasteiger partial charge on any atom is -0.399 e. The van der Waals surface area contributed by atoms with Crippen molar-refractivity contribution in [3.8, 4) is 0 Å². The molecule has 0 unspecified atom stereocenters. The van der Waals surface area contributed by atoms with E-state index in [2.05, 4.69) is 0 Å². The minimum absolute atomic E-state index is 0.229. The number of rotatable bonds is 2. The van der Waals surface area contributed by atoms with Gasteiger partial charge in [0.05, 0.1) is 0 Å². The van der Waals surface area contributed by atoms with E-state index in [1.165, 1.54) is 0 Å². The van der Waals surface area contributed by atoms with E-state index in [0.29, 0.717) is 11.3 Å². The molecule has 0 atom stereocenters. The highest BCUT2D eigenvalue weighted by atomic mass is 19.3. The van der Waals surface area contributed by atoms with Crippen LogP contribution in [0.2, 0.25) is 0 Å². The van der Waals surface area contributed by atoms with Gasteiger partial charge in [-0.05, 0) is 24.6 Å². The van der Waals surface area contributed by atoms with Crippen LogP contribution >= 0.6 is 0 Å². The van der Waals surface area contributed by atoms with Crippen LogP contribution in [0.25, 0.3) is 0 Å². The lowest BCUT2D eigenvalue weighted by molar-refractivity contribution is 0.0226. The van der Waals surface area contributed by atoms with Crippen molar-refractivity contribution < 1.29 is 8.78 Å². The lowest BCUT2D eigenvalue weighted by atomic mass is 10.1. The van der Waals surface area contributed by atoms with Gasteiger partial charge >= 0.3 is 0 Å². The van der Waals surface area contributed by atoms with Gasteiger partial charge in [-0.25, -0.2) is 8.78 Å². The number of halogens is 2. The van der Waals surface area contributed by atoms with Crippen molar-refractivity contribution in [2.75, 3.05) is 5.73 Å². The van der Waals surface area contributed by atoms with Crippen LogP contribution in [0.5, 0.6) is 0 Å². The van der Waals surface area contributed by atoms with Crippen LogP contribution in [0.3, 0.4) is 0 Å². The summed E-state index contributed by atoms with van der Waals surface area (Å²) in [6, 6.07) is 6.49. The number of benzene rings is 1. The van der Waals surface area contributed by atoms with E-state index < -0.39 is 5.92 Å². The maximum atomic E-state index is 12.5. The molecular formula is C9H11F2N. The topological polar surface area (TPSA) is 26.0 Å². The third-order valence-corrected chi connectivity index (χ3v) is 1.49. The molecule has 0 aliphatic rings. The highest BCUT2D eigenvalue weighted by Crippen LogP contribution is 2.19. The lowest BCUT2D eigenvalue weighted by Crippen LogP contribution is -2.13. The zero-order valence-corrected chi connectivity index (χ0v) is 6.85. The molecule has 0 fully saturated rings. The van der Waals surface area contributed by atoms with Gasteiger partial charge in [0.25, 0.3) is 0 Å². The summed E-state index contributed by atoms with van der Waals surface area (Å²) in [7, 11) is 0. The zero-order chi connectivity index (χ0) is 9.19. The van der Waals surface area contributed by atoms with Crippen LogP contribution in [0, 0.1) is 0 Å². The van der Waals surface area contributed by atoms with Gasteiger partial charge in [-0.15, -0.1) is 0 Å². The van der Waals surface area contributed by atoms with Crippen LogP contribution in [0.15, 0.2) is 24.3 Å². The summed E-state index contributed by atoms with van der Waals surface area (Å²) < 4.78 is 25.0. The first-order valence-electron chi connectivity index (χ1n) is 3.70. The maximum absolute atomic E-state index is 12.5. The standard InChI is InChI=1S/C9H11F2N/c1-9(10,11)6-7-2-4-8(12)5-3-7/h2-5H,6,12H2,1H3. The average molecular weight is 171 g/mol.